The summed E-state index contributed by atoms with van der Waals surface area (Å²) < 4.78 is 10.4. The molecule has 0 spiro atoms. The van der Waals surface area contributed by atoms with Crippen LogP contribution in [0, 0.1) is 0 Å². The Labute approximate surface area is 116 Å². The molecule has 0 aromatic heterocycles. The van der Waals surface area contributed by atoms with Gasteiger partial charge in [-0.2, -0.15) is 0 Å². The fourth-order valence-corrected chi connectivity index (χ4v) is 2.81. The first kappa shape index (κ1) is 12.8. The van der Waals surface area contributed by atoms with E-state index < -0.39 is 0 Å². The Bertz CT molecular complexity index is 585. The van der Waals surface area contributed by atoms with Crippen LogP contribution in [-0.2, 0) is 4.79 Å². The number of hydrogen-bond acceptors (Lipinski definition) is 4. The van der Waals surface area contributed by atoms with E-state index in [4.69, 9.17) is 9.47 Å². The van der Waals surface area contributed by atoms with Crippen molar-refractivity contribution in [2.24, 2.45) is 0 Å². The van der Waals surface area contributed by atoms with E-state index in [0.29, 0.717) is 35.7 Å². The summed E-state index contributed by atoms with van der Waals surface area (Å²) in [7, 11) is 3.03. The summed E-state index contributed by atoms with van der Waals surface area (Å²) in [5, 5.41) is 2.81. The van der Waals surface area contributed by atoms with Crippen molar-refractivity contribution in [3.05, 3.63) is 17.7 Å². The number of methoxy groups -OCH3 is 2. The van der Waals surface area contributed by atoms with E-state index in [1.807, 2.05) is 0 Å². The molecule has 0 unspecified atom stereocenters. The average Bonchev–Trinajstić information content (AvgIpc) is 2.92. The molecule has 2 aliphatic rings. The maximum Gasteiger partial charge on any atom is 0.256 e. The van der Waals surface area contributed by atoms with Gasteiger partial charge in [-0.1, -0.05) is 0 Å². The Hall–Kier alpha value is -2.24. The van der Waals surface area contributed by atoms with Crippen LogP contribution < -0.4 is 14.8 Å². The van der Waals surface area contributed by atoms with E-state index in [9.17, 15) is 9.59 Å². The first-order chi connectivity index (χ1) is 9.65. The van der Waals surface area contributed by atoms with Gasteiger partial charge in [0.05, 0.1) is 25.5 Å². The topological polar surface area (TPSA) is 67.9 Å². The Morgan fingerprint density at radius 1 is 1.20 bits per heavy atom. The van der Waals surface area contributed by atoms with Crippen LogP contribution in [0.2, 0.25) is 0 Å². The first-order valence-electron chi connectivity index (χ1n) is 6.53. The molecule has 2 heterocycles. The number of benzene rings is 1. The molecule has 1 fully saturated rings. The van der Waals surface area contributed by atoms with E-state index in [1.54, 1.807) is 17.0 Å². The number of hydrogen-bond donors (Lipinski definition) is 1. The molecule has 3 rings (SSSR count). The molecule has 0 bridgehead atoms. The van der Waals surface area contributed by atoms with Crippen molar-refractivity contribution in [3.63, 3.8) is 0 Å². The fourth-order valence-electron chi connectivity index (χ4n) is 2.81. The molecule has 0 radical (unpaired) electrons. The predicted octanol–water partition coefficient (Wildman–Crippen LogP) is 1.26. The molecule has 1 saturated heterocycles. The second-order valence-electron chi connectivity index (χ2n) is 4.90. The van der Waals surface area contributed by atoms with Gasteiger partial charge in [-0.3, -0.25) is 9.59 Å². The Kier molecular flexibility index (Phi) is 3.00. The summed E-state index contributed by atoms with van der Waals surface area (Å²) >= 11 is 0. The minimum atomic E-state index is -0.369. The van der Waals surface area contributed by atoms with Crippen LogP contribution in [0.3, 0.4) is 0 Å². The predicted molar refractivity (Wildman–Crippen MR) is 72.2 cm³/mol. The smallest absolute Gasteiger partial charge is 0.256 e. The second kappa shape index (κ2) is 4.70. The standard InChI is InChI=1S/C14H16N2O4/c1-19-11-6-8-9(7-12(11)20-2)15-13(17)10-4-3-5-16(10)14(8)18/h6-7,10H,3-5H2,1-2H3,(H,15,17)/t10-/m0/s1. The summed E-state index contributed by atoms with van der Waals surface area (Å²) in [4.78, 5) is 26.4. The van der Waals surface area contributed by atoms with E-state index in [2.05, 4.69) is 5.32 Å². The van der Waals surface area contributed by atoms with Crippen molar-refractivity contribution in [3.8, 4) is 11.5 Å². The normalized spacial score (nSPS) is 20.9. The number of carbonyl (C=O) groups excluding carboxylic acids is 2. The molecule has 1 aromatic rings. The molecule has 0 saturated carbocycles. The lowest BCUT2D eigenvalue weighted by molar-refractivity contribution is -0.119. The van der Waals surface area contributed by atoms with Gasteiger partial charge < -0.3 is 19.7 Å². The largest absolute Gasteiger partial charge is 0.493 e. The highest BCUT2D eigenvalue weighted by molar-refractivity contribution is 6.10. The number of carbonyl (C=O) groups is 2. The van der Waals surface area contributed by atoms with Crippen LogP contribution in [0.1, 0.15) is 23.2 Å². The molecule has 1 aromatic carbocycles. The summed E-state index contributed by atoms with van der Waals surface area (Å²) in [5.74, 6) is 0.691. The molecule has 20 heavy (non-hydrogen) atoms. The molecule has 1 atom stereocenters. The third-order valence-electron chi connectivity index (χ3n) is 3.83. The number of nitrogens with zero attached hydrogens (tertiary/aromatic N) is 1. The van der Waals surface area contributed by atoms with Gasteiger partial charge in [0, 0.05) is 12.6 Å². The molecule has 2 aliphatic heterocycles. The summed E-state index contributed by atoms with van der Waals surface area (Å²) in [6.45, 7) is 0.616. The Balaban J connectivity index is 2.12. The van der Waals surface area contributed by atoms with Gasteiger partial charge in [0.1, 0.15) is 6.04 Å². The summed E-state index contributed by atoms with van der Waals surface area (Å²) in [5.41, 5.74) is 0.924. The van der Waals surface area contributed by atoms with Gasteiger partial charge in [-0.15, -0.1) is 0 Å². The van der Waals surface area contributed by atoms with Gasteiger partial charge >= 0.3 is 0 Å². The molecule has 1 N–H and O–H groups in total. The first-order valence-corrected chi connectivity index (χ1v) is 6.53. The maximum absolute atomic E-state index is 12.6. The molecular weight excluding hydrogens is 260 g/mol. The van der Waals surface area contributed by atoms with Gasteiger partial charge in [-0.25, -0.2) is 0 Å². The van der Waals surface area contributed by atoms with Crippen LogP contribution in [-0.4, -0.2) is 43.5 Å². The highest BCUT2D eigenvalue weighted by Gasteiger charge is 2.38. The van der Waals surface area contributed by atoms with Gasteiger partial charge in [0.15, 0.2) is 11.5 Å². The van der Waals surface area contributed by atoms with Crippen LogP contribution in [0.5, 0.6) is 11.5 Å². The Morgan fingerprint density at radius 3 is 2.60 bits per heavy atom. The van der Waals surface area contributed by atoms with Gasteiger partial charge in [0.25, 0.3) is 5.91 Å². The summed E-state index contributed by atoms with van der Waals surface area (Å²) in [6, 6.07) is 2.88. The van der Waals surface area contributed by atoms with Gasteiger partial charge in [0.2, 0.25) is 5.91 Å². The lowest BCUT2D eigenvalue weighted by Gasteiger charge is -2.20. The van der Waals surface area contributed by atoms with Crippen molar-refractivity contribution in [1.29, 1.82) is 0 Å². The molecular formula is C14H16N2O4. The number of nitrogens with one attached hydrogen (secondary N) is 1. The molecule has 0 aliphatic carbocycles. The zero-order chi connectivity index (χ0) is 14.3. The van der Waals surface area contributed by atoms with E-state index in [0.717, 1.165) is 6.42 Å². The van der Waals surface area contributed by atoms with E-state index >= 15 is 0 Å². The lowest BCUT2D eigenvalue weighted by atomic mass is 10.1. The SMILES string of the molecule is COc1cc2c(cc1OC)C(=O)N1CCC[C@H]1C(=O)N2. The minimum absolute atomic E-state index is 0.137. The van der Waals surface area contributed by atoms with Crippen LogP contribution >= 0.6 is 0 Å². The number of rotatable bonds is 2. The van der Waals surface area contributed by atoms with Crippen LogP contribution in [0.4, 0.5) is 5.69 Å². The highest BCUT2D eigenvalue weighted by Crippen LogP contribution is 2.36. The zero-order valence-electron chi connectivity index (χ0n) is 11.4. The quantitative estimate of drug-likeness (QED) is 0.883. The molecule has 106 valence electrons. The van der Waals surface area contributed by atoms with Gasteiger partial charge in [-0.05, 0) is 18.9 Å². The lowest BCUT2D eigenvalue weighted by Crippen LogP contribution is -2.40. The number of anilines is 1. The number of fused-ring (bicyclic) bond motifs is 2. The highest BCUT2D eigenvalue weighted by atomic mass is 16.5. The average molecular weight is 276 g/mol. The monoisotopic (exact) mass is 276 g/mol. The van der Waals surface area contributed by atoms with E-state index in [1.165, 1.54) is 14.2 Å². The van der Waals surface area contributed by atoms with Crippen molar-refractivity contribution in [2.45, 2.75) is 18.9 Å². The fraction of sp³-hybridized carbons (Fsp3) is 0.429. The third kappa shape index (κ3) is 1.79. The van der Waals surface area contributed by atoms with Crippen molar-refractivity contribution in [2.75, 3.05) is 26.1 Å². The number of ether oxygens (including phenoxy) is 2. The minimum Gasteiger partial charge on any atom is -0.493 e. The van der Waals surface area contributed by atoms with Crippen LogP contribution in [0.15, 0.2) is 12.1 Å². The Morgan fingerprint density at radius 2 is 1.90 bits per heavy atom. The molecule has 6 heteroatoms. The number of amides is 2. The molecule has 2 amide bonds. The van der Waals surface area contributed by atoms with Crippen LogP contribution in [0.25, 0.3) is 0 Å². The second-order valence-corrected chi connectivity index (χ2v) is 4.90. The molecule has 6 nitrogen and oxygen atoms in total. The maximum atomic E-state index is 12.6. The van der Waals surface area contributed by atoms with E-state index in [-0.39, 0.29) is 17.9 Å². The third-order valence-corrected chi connectivity index (χ3v) is 3.83. The zero-order valence-corrected chi connectivity index (χ0v) is 11.4. The van der Waals surface area contributed by atoms with Crippen molar-refractivity contribution < 1.29 is 19.1 Å². The van der Waals surface area contributed by atoms with Crippen molar-refractivity contribution >= 4 is 17.5 Å². The van der Waals surface area contributed by atoms with Crippen molar-refractivity contribution in [1.82, 2.24) is 4.90 Å². The summed E-state index contributed by atoms with van der Waals surface area (Å²) in [6.07, 6.45) is 1.56.